The molecule has 0 aromatic carbocycles. The molecule has 2 heterocycles. The van der Waals surface area contributed by atoms with Crippen LogP contribution in [-0.4, -0.2) is 29.6 Å². The van der Waals surface area contributed by atoms with Gasteiger partial charge in [0.1, 0.15) is 5.82 Å². The Morgan fingerprint density at radius 2 is 1.84 bits per heavy atom. The first-order chi connectivity index (χ1) is 9.31. The molecular formula is C15H26N4. The van der Waals surface area contributed by atoms with Crippen LogP contribution in [0, 0.1) is 6.92 Å². The maximum Gasteiger partial charge on any atom is 0.224 e. The molecule has 1 N–H and O–H groups in total. The number of hydrogen-bond donors (Lipinski definition) is 1. The van der Waals surface area contributed by atoms with E-state index in [0.717, 1.165) is 37.8 Å². The summed E-state index contributed by atoms with van der Waals surface area (Å²) in [5.41, 5.74) is 1.18. The second kappa shape index (κ2) is 7.31. The molecule has 1 aromatic rings. The van der Waals surface area contributed by atoms with Crippen molar-refractivity contribution in [3.63, 3.8) is 0 Å². The van der Waals surface area contributed by atoms with Crippen molar-refractivity contribution in [3.05, 3.63) is 11.8 Å². The van der Waals surface area contributed by atoms with Crippen molar-refractivity contribution < 1.29 is 0 Å². The van der Waals surface area contributed by atoms with Crippen LogP contribution in [0.5, 0.6) is 0 Å². The molecule has 4 heteroatoms. The SMILES string of the molecule is CCCNc1ncc(C)c(N2CCCCCCC2)n1. The normalized spacial score (nSPS) is 16.8. The van der Waals surface area contributed by atoms with Gasteiger partial charge in [-0.15, -0.1) is 0 Å². The molecule has 4 nitrogen and oxygen atoms in total. The highest BCUT2D eigenvalue weighted by molar-refractivity contribution is 5.49. The Balaban J connectivity index is 2.11. The van der Waals surface area contributed by atoms with E-state index in [1.165, 1.54) is 37.7 Å². The lowest BCUT2D eigenvalue weighted by atomic mass is 10.1. The van der Waals surface area contributed by atoms with Gasteiger partial charge in [-0.25, -0.2) is 4.98 Å². The standard InChI is InChI=1S/C15H26N4/c1-3-9-16-15-17-12-13(2)14(18-15)19-10-7-5-4-6-8-11-19/h12H,3-11H2,1-2H3,(H,16,17,18). The third-order valence-electron chi connectivity index (χ3n) is 3.63. The monoisotopic (exact) mass is 262 g/mol. The zero-order valence-corrected chi connectivity index (χ0v) is 12.3. The van der Waals surface area contributed by atoms with Crippen LogP contribution in [0.15, 0.2) is 6.20 Å². The largest absolute Gasteiger partial charge is 0.356 e. The maximum atomic E-state index is 4.71. The highest BCUT2D eigenvalue weighted by atomic mass is 15.2. The molecule has 0 radical (unpaired) electrons. The van der Waals surface area contributed by atoms with E-state index in [2.05, 4.69) is 29.0 Å². The third kappa shape index (κ3) is 4.08. The van der Waals surface area contributed by atoms with Crippen LogP contribution in [-0.2, 0) is 0 Å². The summed E-state index contributed by atoms with van der Waals surface area (Å²) in [6, 6.07) is 0. The molecule has 2 rings (SSSR count). The fraction of sp³-hybridized carbons (Fsp3) is 0.733. The fourth-order valence-corrected chi connectivity index (χ4v) is 2.53. The number of rotatable bonds is 4. The van der Waals surface area contributed by atoms with E-state index in [1.807, 2.05) is 6.20 Å². The van der Waals surface area contributed by atoms with E-state index >= 15 is 0 Å². The Kier molecular flexibility index (Phi) is 5.43. The summed E-state index contributed by atoms with van der Waals surface area (Å²) < 4.78 is 0. The van der Waals surface area contributed by atoms with Crippen LogP contribution in [0.1, 0.15) is 51.0 Å². The number of nitrogens with one attached hydrogen (secondary N) is 1. The molecule has 1 fully saturated rings. The molecule has 0 spiro atoms. The molecule has 0 amide bonds. The molecule has 1 saturated heterocycles. The first-order valence-corrected chi connectivity index (χ1v) is 7.63. The predicted molar refractivity (Wildman–Crippen MR) is 80.8 cm³/mol. The van der Waals surface area contributed by atoms with Crippen molar-refractivity contribution in [3.8, 4) is 0 Å². The lowest BCUT2D eigenvalue weighted by Gasteiger charge is -2.27. The van der Waals surface area contributed by atoms with Gasteiger partial charge in [-0.2, -0.15) is 4.98 Å². The number of nitrogens with zero attached hydrogens (tertiary/aromatic N) is 3. The fourth-order valence-electron chi connectivity index (χ4n) is 2.53. The van der Waals surface area contributed by atoms with Crippen LogP contribution >= 0.6 is 0 Å². The smallest absolute Gasteiger partial charge is 0.224 e. The van der Waals surface area contributed by atoms with Crippen LogP contribution in [0.2, 0.25) is 0 Å². The first-order valence-electron chi connectivity index (χ1n) is 7.63. The summed E-state index contributed by atoms with van der Waals surface area (Å²) >= 11 is 0. The Morgan fingerprint density at radius 1 is 1.16 bits per heavy atom. The topological polar surface area (TPSA) is 41.1 Å². The van der Waals surface area contributed by atoms with Gasteiger partial charge in [-0.05, 0) is 26.2 Å². The van der Waals surface area contributed by atoms with Gasteiger partial charge in [0, 0.05) is 31.4 Å². The van der Waals surface area contributed by atoms with Gasteiger partial charge in [0.2, 0.25) is 5.95 Å². The molecular weight excluding hydrogens is 236 g/mol. The van der Waals surface area contributed by atoms with Gasteiger partial charge in [0.05, 0.1) is 0 Å². The first kappa shape index (κ1) is 14.1. The predicted octanol–water partition coefficient (Wildman–Crippen LogP) is 3.38. The van der Waals surface area contributed by atoms with E-state index in [-0.39, 0.29) is 0 Å². The summed E-state index contributed by atoms with van der Waals surface area (Å²) in [4.78, 5) is 11.5. The lowest BCUT2D eigenvalue weighted by molar-refractivity contribution is 0.553. The highest BCUT2D eigenvalue weighted by Crippen LogP contribution is 2.21. The average molecular weight is 262 g/mol. The summed E-state index contributed by atoms with van der Waals surface area (Å²) in [6.07, 6.45) is 9.68. The van der Waals surface area contributed by atoms with Crippen molar-refractivity contribution >= 4 is 11.8 Å². The number of aryl methyl sites for hydroxylation is 1. The zero-order chi connectivity index (χ0) is 13.5. The van der Waals surface area contributed by atoms with E-state index in [1.54, 1.807) is 0 Å². The van der Waals surface area contributed by atoms with Crippen molar-refractivity contribution in [2.24, 2.45) is 0 Å². The number of hydrogen-bond acceptors (Lipinski definition) is 4. The van der Waals surface area contributed by atoms with Crippen LogP contribution in [0.25, 0.3) is 0 Å². The van der Waals surface area contributed by atoms with Crippen molar-refractivity contribution in [1.29, 1.82) is 0 Å². The molecule has 0 bridgehead atoms. The molecule has 106 valence electrons. The van der Waals surface area contributed by atoms with Gasteiger partial charge >= 0.3 is 0 Å². The number of anilines is 2. The molecule has 1 aliphatic rings. The molecule has 0 aliphatic carbocycles. The lowest BCUT2D eigenvalue weighted by Crippen LogP contribution is -2.29. The van der Waals surface area contributed by atoms with Crippen LogP contribution < -0.4 is 10.2 Å². The Hall–Kier alpha value is -1.32. The minimum atomic E-state index is 0.768. The molecule has 0 atom stereocenters. The molecule has 1 aromatic heterocycles. The third-order valence-corrected chi connectivity index (χ3v) is 3.63. The van der Waals surface area contributed by atoms with Crippen molar-refractivity contribution in [2.45, 2.75) is 52.4 Å². The molecule has 0 unspecified atom stereocenters. The zero-order valence-electron chi connectivity index (χ0n) is 12.3. The molecule has 0 saturated carbocycles. The van der Waals surface area contributed by atoms with Crippen molar-refractivity contribution in [1.82, 2.24) is 9.97 Å². The van der Waals surface area contributed by atoms with E-state index in [4.69, 9.17) is 4.98 Å². The molecule has 19 heavy (non-hydrogen) atoms. The second-order valence-electron chi connectivity index (χ2n) is 5.38. The Morgan fingerprint density at radius 3 is 2.53 bits per heavy atom. The summed E-state index contributed by atoms with van der Waals surface area (Å²) in [6.45, 7) is 7.46. The summed E-state index contributed by atoms with van der Waals surface area (Å²) in [5.74, 6) is 1.89. The second-order valence-corrected chi connectivity index (χ2v) is 5.38. The van der Waals surface area contributed by atoms with Gasteiger partial charge in [-0.3, -0.25) is 0 Å². The highest BCUT2D eigenvalue weighted by Gasteiger charge is 2.13. The quantitative estimate of drug-likeness (QED) is 0.903. The summed E-state index contributed by atoms with van der Waals surface area (Å²) in [7, 11) is 0. The number of aromatic nitrogens is 2. The Labute approximate surface area is 116 Å². The van der Waals surface area contributed by atoms with Gasteiger partial charge in [0.15, 0.2) is 0 Å². The van der Waals surface area contributed by atoms with E-state index in [0.29, 0.717) is 0 Å². The van der Waals surface area contributed by atoms with E-state index in [9.17, 15) is 0 Å². The van der Waals surface area contributed by atoms with Crippen LogP contribution in [0.4, 0.5) is 11.8 Å². The van der Waals surface area contributed by atoms with Crippen molar-refractivity contribution in [2.75, 3.05) is 29.9 Å². The van der Waals surface area contributed by atoms with E-state index < -0.39 is 0 Å². The van der Waals surface area contributed by atoms with Gasteiger partial charge in [-0.1, -0.05) is 26.2 Å². The van der Waals surface area contributed by atoms with Gasteiger partial charge < -0.3 is 10.2 Å². The maximum absolute atomic E-state index is 4.71. The minimum Gasteiger partial charge on any atom is -0.356 e. The minimum absolute atomic E-state index is 0.768. The average Bonchev–Trinajstić information content (AvgIpc) is 2.38. The Bertz CT molecular complexity index is 384. The molecule has 1 aliphatic heterocycles. The summed E-state index contributed by atoms with van der Waals surface area (Å²) in [5, 5.41) is 3.28. The van der Waals surface area contributed by atoms with Crippen LogP contribution in [0.3, 0.4) is 0 Å². The van der Waals surface area contributed by atoms with Gasteiger partial charge in [0.25, 0.3) is 0 Å².